The van der Waals surface area contributed by atoms with Crippen LogP contribution in [-0.4, -0.2) is 27.9 Å². The fraction of sp³-hybridized carbons (Fsp3) is 0.0870. The fourth-order valence-corrected chi connectivity index (χ4v) is 2.78. The molecule has 0 fully saturated rings. The van der Waals surface area contributed by atoms with Gasteiger partial charge in [0, 0.05) is 12.0 Å². The van der Waals surface area contributed by atoms with Gasteiger partial charge in [-0.25, -0.2) is 0 Å². The lowest BCUT2D eigenvalue weighted by Crippen LogP contribution is -2.25. The van der Waals surface area contributed by atoms with Crippen LogP contribution in [0, 0.1) is 0 Å². The number of carbonyl (C=O) groups excluding carboxylic acids is 1. The number of carboxylic acids is 1. The van der Waals surface area contributed by atoms with Crippen LogP contribution in [-0.2, 0) is 4.79 Å². The van der Waals surface area contributed by atoms with Crippen molar-refractivity contribution in [2.45, 2.75) is 12.8 Å². The Morgan fingerprint density at radius 2 is 1.39 bits per heavy atom. The van der Waals surface area contributed by atoms with Crippen molar-refractivity contribution in [1.29, 1.82) is 0 Å². The highest BCUT2D eigenvalue weighted by molar-refractivity contribution is 6.06. The minimum atomic E-state index is -0.987. The molecule has 3 aromatic rings. The smallest absolute Gasteiger partial charge is 0.303 e. The minimum absolute atomic E-state index is 0.0750. The van der Waals surface area contributed by atoms with Crippen molar-refractivity contribution in [2.24, 2.45) is 15.5 Å². The molecule has 0 heterocycles. The SMILES string of the molecule is O=C(O)CCC(=NO)c1ccc(N(N=Nc2ccccc2)C(=O)c2ccccc2)cc1. The molecule has 0 spiro atoms. The molecule has 0 radical (unpaired) electrons. The third-order valence-electron chi connectivity index (χ3n) is 4.36. The van der Waals surface area contributed by atoms with Gasteiger partial charge in [-0.1, -0.05) is 58.9 Å². The molecule has 0 unspecified atom stereocenters. The molecule has 0 aliphatic heterocycles. The van der Waals surface area contributed by atoms with E-state index in [4.69, 9.17) is 5.11 Å². The second-order valence-electron chi connectivity index (χ2n) is 6.50. The van der Waals surface area contributed by atoms with Crippen LogP contribution >= 0.6 is 0 Å². The monoisotopic (exact) mass is 416 g/mol. The summed E-state index contributed by atoms with van der Waals surface area (Å²) in [4.78, 5) is 23.9. The summed E-state index contributed by atoms with van der Waals surface area (Å²) in [5, 5.41) is 30.7. The Labute approximate surface area is 178 Å². The Morgan fingerprint density at radius 1 is 0.774 bits per heavy atom. The van der Waals surface area contributed by atoms with E-state index in [-0.39, 0.29) is 24.5 Å². The van der Waals surface area contributed by atoms with E-state index in [9.17, 15) is 14.8 Å². The number of hydrogen-bond acceptors (Lipinski definition) is 6. The highest BCUT2D eigenvalue weighted by atomic mass is 16.4. The molecule has 1 amide bonds. The van der Waals surface area contributed by atoms with Crippen LogP contribution in [0.2, 0.25) is 0 Å². The van der Waals surface area contributed by atoms with Gasteiger partial charge < -0.3 is 10.3 Å². The zero-order chi connectivity index (χ0) is 22.1. The first-order valence-corrected chi connectivity index (χ1v) is 9.48. The third kappa shape index (κ3) is 5.83. The van der Waals surface area contributed by atoms with Crippen molar-refractivity contribution in [3.8, 4) is 0 Å². The van der Waals surface area contributed by atoms with Crippen molar-refractivity contribution in [3.63, 3.8) is 0 Å². The van der Waals surface area contributed by atoms with Gasteiger partial charge in [0.2, 0.25) is 0 Å². The van der Waals surface area contributed by atoms with Crippen molar-refractivity contribution < 1.29 is 19.9 Å². The number of hydrogen-bond donors (Lipinski definition) is 2. The Morgan fingerprint density at radius 3 is 1.97 bits per heavy atom. The van der Waals surface area contributed by atoms with Crippen molar-refractivity contribution in [3.05, 3.63) is 96.1 Å². The van der Waals surface area contributed by atoms with E-state index in [1.165, 1.54) is 5.01 Å². The second kappa shape index (κ2) is 10.4. The number of anilines is 1. The summed E-state index contributed by atoms with van der Waals surface area (Å²) < 4.78 is 0. The molecule has 31 heavy (non-hydrogen) atoms. The lowest BCUT2D eigenvalue weighted by Gasteiger charge is -2.16. The van der Waals surface area contributed by atoms with E-state index in [1.54, 1.807) is 60.7 Å². The normalized spacial score (nSPS) is 11.4. The summed E-state index contributed by atoms with van der Waals surface area (Å²) in [5.74, 6) is -1.35. The second-order valence-corrected chi connectivity index (χ2v) is 6.50. The summed E-state index contributed by atoms with van der Waals surface area (Å²) in [6.45, 7) is 0. The van der Waals surface area contributed by atoms with Crippen LogP contribution in [0.4, 0.5) is 11.4 Å². The standard InChI is InChI=1S/C23H20N4O4/c28-22(29)16-15-21(25-31)17-11-13-20(14-12-17)27(23(30)18-7-3-1-4-8-18)26-24-19-9-5-2-6-10-19/h1-14,31H,15-16H2,(H,28,29). The topological polar surface area (TPSA) is 115 Å². The van der Waals surface area contributed by atoms with E-state index in [0.29, 0.717) is 22.5 Å². The van der Waals surface area contributed by atoms with Gasteiger partial charge in [0.25, 0.3) is 5.91 Å². The largest absolute Gasteiger partial charge is 0.481 e. The van der Waals surface area contributed by atoms with Gasteiger partial charge in [0.15, 0.2) is 0 Å². The van der Waals surface area contributed by atoms with Gasteiger partial charge in [-0.2, -0.15) is 5.01 Å². The van der Waals surface area contributed by atoms with E-state index in [2.05, 4.69) is 15.5 Å². The molecule has 3 aromatic carbocycles. The number of aliphatic carboxylic acids is 1. The molecule has 0 saturated heterocycles. The third-order valence-corrected chi connectivity index (χ3v) is 4.36. The Bertz CT molecular complexity index is 1080. The van der Waals surface area contributed by atoms with Gasteiger partial charge >= 0.3 is 5.97 Å². The molecular weight excluding hydrogens is 396 g/mol. The van der Waals surface area contributed by atoms with Crippen LogP contribution < -0.4 is 5.01 Å². The lowest BCUT2D eigenvalue weighted by atomic mass is 10.1. The summed E-state index contributed by atoms with van der Waals surface area (Å²) >= 11 is 0. The predicted octanol–water partition coefficient (Wildman–Crippen LogP) is 5.08. The first kappa shape index (κ1) is 21.4. The van der Waals surface area contributed by atoms with Gasteiger partial charge in [0.1, 0.15) is 0 Å². The zero-order valence-electron chi connectivity index (χ0n) is 16.5. The van der Waals surface area contributed by atoms with Crippen molar-refractivity contribution in [1.82, 2.24) is 0 Å². The number of oxime groups is 1. The minimum Gasteiger partial charge on any atom is -0.481 e. The summed E-state index contributed by atoms with van der Waals surface area (Å²) in [6, 6.07) is 24.3. The summed E-state index contributed by atoms with van der Waals surface area (Å²) in [5.41, 5.74) is 2.26. The van der Waals surface area contributed by atoms with Crippen LogP contribution in [0.15, 0.2) is 100 Å². The molecule has 0 atom stereocenters. The first-order chi connectivity index (χ1) is 15.1. The predicted molar refractivity (Wildman–Crippen MR) is 116 cm³/mol. The number of nitrogens with zero attached hydrogens (tertiary/aromatic N) is 4. The molecule has 0 aliphatic rings. The lowest BCUT2D eigenvalue weighted by molar-refractivity contribution is -0.136. The fourth-order valence-electron chi connectivity index (χ4n) is 2.78. The first-order valence-electron chi connectivity index (χ1n) is 9.48. The van der Waals surface area contributed by atoms with Crippen LogP contribution in [0.5, 0.6) is 0 Å². The molecule has 8 nitrogen and oxygen atoms in total. The van der Waals surface area contributed by atoms with Crippen molar-refractivity contribution in [2.75, 3.05) is 5.01 Å². The quantitative estimate of drug-likeness (QED) is 0.231. The van der Waals surface area contributed by atoms with E-state index >= 15 is 0 Å². The maximum absolute atomic E-state index is 13.1. The maximum Gasteiger partial charge on any atom is 0.303 e. The van der Waals surface area contributed by atoms with Gasteiger partial charge in [-0.15, -0.1) is 5.11 Å². The average Bonchev–Trinajstić information content (AvgIpc) is 2.81. The van der Waals surface area contributed by atoms with E-state index in [1.807, 2.05) is 24.3 Å². The highest BCUT2D eigenvalue weighted by Gasteiger charge is 2.18. The summed E-state index contributed by atoms with van der Waals surface area (Å²) in [6.07, 6.45) is -0.0867. The molecular formula is C23H20N4O4. The Balaban J connectivity index is 1.90. The Hall–Kier alpha value is -4.33. The number of carboxylic acid groups (broad SMARTS) is 1. The highest BCUT2D eigenvalue weighted by Crippen LogP contribution is 2.22. The van der Waals surface area contributed by atoms with Gasteiger partial charge in [-0.05, 0) is 42.0 Å². The molecule has 0 aromatic heterocycles. The summed E-state index contributed by atoms with van der Waals surface area (Å²) in [7, 11) is 0. The average molecular weight is 416 g/mol. The Kier molecular flexibility index (Phi) is 7.21. The van der Waals surface area contributed by atoms with Crippen LogP contribution in [0.3, 0.4) is 0 Å². The van der Waals surface area contributed by atoms with Crippen molar-refractivity contribution >= 4 is 29.0 Å². The molecule has 2 N–H and O–H groups in total. The molecule has 3 rings (SSSR count). The molecule has 0 aliphatic carbocycles. The number of amides is 1. The van der Waals surface area contributed by atoms with Crippen LogP contribution in [0.25, 0.3) is 0 Å². The van der Waals surface area contributed by atoms with Gasteiger partial charge in [-0.3, -0.25) is 9.59 Å². The maximum atomic E-state index is 13.1. The molecule has 0 saturated carbocycles. The van der Waals surface area contributed by atoms with Gasteiger partial charge in [0.05, 0.1) is 23.5 Å². The number of rotatable bonds is 8. The molecule has 156 valence electrons. The molecule has 0 bridgehead atoms. The number of benzene rings is 3. The molecule has 8 heteroatoms. The zero-order valence-corrected chi connectivity index (χ0v) is 16.5. The van der Waals surface area contributed by atoms with Crippen LogP contribution in [0.1, 0.15) is 28.8 Å². The van der Waals surface area contributed by atoms with E-state index < -0.39 is 5.97 Å². The van der Waals surface area contributed by atoms with E-state index in [0.717, 1.165) is 0 Å². The number of carbonyl (C=O) groups is 2.